The number of hydrogen-bond acceptors (Lipinski definition) is 0. The normalized spacial score (nSPS) is 11.5. The summed E-state index contributed by atoms with van der Waals surface area (Å²) in [5, 5.41) is 0. The molecule has 0 heteroatoms. The molecule has 0 bridgehead atoms. The summed E-state index contributed by atoms with van der Waals surface area (Å²) < 4.78 is 0. The third kappa shape index (κ3) is 2.51. The van der Waals surface area contributed by atoms with Gasteiger partial charge in [-0.05, 0) is 57.6 Å². The van der Waals surface area contributed by atoms with Crippen LogP contribution in [0, 0.1) is 0 Å². The van der Waals surface area contributed by atoms with Crippen molar-refractivity contribution < 1.29 is 0 Å². The first-order valence-electron chi connectivity index (χ1n) is 7.54. The van der Waals surface area contributed by atoms with E-state index in [1.807, 2.05) is 0 Å². The summed E-state index contributed by atoms with van der Waals surface area (Å²) in [7, 11) is 0. The van der Waals surface area contributed by atoms with Gasteiger partial charge in [0.15, 0.2) is 0 Å². The molecule has 0 saturated carbocycles. The highest BCUT2D eigenvalue weighted by Gasteiger charge is 2.04. The van der Waals surface area contributed by atoms with E-state index >= 15 is 0 Å². The maximum atomic E-state index is 2.23. The summed E-state index contributed by atoms with van der Waals surface area (Å²) in [6.45, 7) is 0. The summed E-state index contributed by atoms with van der Waals surface area (Å²) >= 11 is 0. The van der Waals surface area contributed by atoms with Gasteiger partial charge in [-0.1, -0.05) is 72.8 Å². The highest BCUT2D eigenvalue weighted by atomic mass is 14.1. The molecule has 0 saturated heterocycles. The van der Waals surface area contributed by atoms with Gasteiger partial charge in [-0.2, -0.15) is 0 Å². The van der Waals surface area contributed by atoms with Crippen molar-refractivity contribution in [1.29, 1.82) is 0 Å². The minimum absolute atomic E-state index is 1.25. The van der Waals surface area contributed by atoms with Crippen LogP contribution in [-0.4, -0.2) is 0 Å². The summed E-state index contributed by atoms with van der Waals surface area (Å²) in [5.74, 6) is 0. The van der Waals surface area contributed by atoms with Crippen LogP contribution in [-0.2, 0) is 0 Å². The Morgan fingerprint density at radius 3 is 1.05 bits per heavy atom. The van der Waals surface area contributed by atoms with Crippen molar-refractivity contribution in [2.24, 2.45) is 0 Å². The van der Waals surface area contributed by atoms with Crippen molar-refractivity contribution >= 4 is 12.2 Å². The first-order valence-corrected chi connectivity index (χ1v) is 7.54. The molecule has 4 aliphatic carbocycles. The Hall–Kier alpha value is -2.86. The topological polar surface area (TPSA) is 0 Å². The first kappa shape index (κ1) is 12.8. The quantitative estimate of drug-likeness (QED) is 0.418. The van der Waals surface area contributed by atoms with Gasteiger partial charge in [0.1, 0.15) is 0 Å². The minimum Gasteiger partial charge on any atom is -0.0622 e. The molecule has 4 aliphatic rings. The van der Waals surface area contributed by atoms with Crippen LogP contribution in [0.3, 0.4) is 0 Å². The van der Waals surface area contributed by atoms with Crippen molar-refractivity contribution in [1.82, 2.24) is 0 Å². The second kappa shape index (κ2) is 5.50. The molecule has 104 valence electrons. The van der Waals surface area contributed by atoms with Crippen LogP contribution in [0.2, 0.25) is 0 Å². The SMILES string of the molecule is C(=C/c1cc2cccccc-2c1)/c1cc2cccccc-2c1. The summed E-state index contributed by atoms with van der Waals surface area (Å²) in [6, 6.07) is 30.0. The highest BCUT2D eigenvalue weighted by Crippen LogP contribution is 2.28. The first-order chi connectivity index (χ1) is 10.9. The van der Waals surface area contributed by atoms with E-state index in [-0.39, 0.29) is 0 Å². The van der Waals surface area contributed by atoms with E-state index in [2.05, 4.69) is 97.1 Å². The van der Waals surface area contributed by atoms with Gasteiger partial charge in [0, 0.05) is 0 Å². The fraction of sp³-hybridized carbons (Fsp3) is 0. The average Bonchev–Trinajstić information content (AvgIpc) is 2.94. The van der Waals surface area contributed by atoms with Crippen LogP contribution in [0.15, 0.2) is 84.9 Å². The number of hydrogen-bond donors (Lipinski definition) is 0. The molecule has 22 heavy (non-hydrogen) atoms. The van der Waals surface area contributed by atoms with Gasteiger partial charge in [-0.25, -0.2) is 0 Å². The Balaban J connectivity index is 1.68. The Bertz CT molecular complexity index is 749. The lowest BCUT2D eigenvalue weighted by Crippen LogP contribution is -1.61. The molecule has 0 aromatic rings. The molecule has 0 aromatic heterocycles. The molecule has 0 amide bonds. The van der Waals surface area contributed by atoms with Crippen LogP contribution in [0.1, 0.15) is 11.1 Å². The van der Waals surface area contributed by atoms with Gasteiger partial charge in [-0.3, -0.25) is 0 Å². The summed E-state index contributed by atoms with van der Waals surface area (Å²) in [4.78, 5) is 0. The van der Waals surface area contributed by atoms with E-state index in [0.29, 0.717) is 0 Å². The molecule has 0 heterocycles. The lowest BCUT2D eigenvalue weighted by molar-refractivity contribution is 1.82. The van der Waals surface area contributed by atoms with Crippen molar-refractivity contribution in [2.45, 2.75) is 0 Å². The van der Waals surface area contributed by atoms with E-state index < -0.39 is 0 Å². The Morgan fingerprint density at radius 2 is 0.727 bits per heavy atom. The molecule has 0 unspecified atom stereocenters. The molecule has 0 radical (unpaired) electrons. The van der Waals surface area contributed by atoms with E-state index in [9.17, 15) is 0 Å². The Morgan fingerprint density at radius 1 is 0.409 bits per heavy atom. The maximum absolute atomic E-state index is 2.23. The molecule has 0 nitrogen and oxygen atoms in total. The van der Waals surface area contributed by atoms with Crippen molar-refractivity contribution in [3.8, 4) is 22.3 Å². The largest absolute Gasteiger partial charge is 0.0622 e. The highest BCUT2D eigenvalue weighted by molar-refractivity contribution is 5.81. The molecule has 0 aromatic carbocycles. The predicted molar refractivity (Wildman–Crippen MR) is 95.1 cm³/mol. The Labute approximate surface area is 131 Å². The monoisotopic (exact) mass is 280 g/mol. The molecule has 0 fully saturated rings. The van der Waals surface area contributed by atoms with Crippen LogP contribution in [0.25, 0.3) is 34.4 Å². The maximum Gasteiger partial charge on any atom is -0.0178 e. The number of fused-ring (bicyclic) bond motifs is 2. The van der Waals surface area contributed by atoms with Crippen LogP contribution in [0.5, 0.6) is 0 Å². The number of rotatable bonds is 2. The van der Waals surface area contributed by atoms with Crippen LogP contribution < -0.4 is 0 Å². The van der Waals surface area contributed by atoms with E-state index in [0.717, 1.165) is 0 Å². The van der Waals surface area contributed by atoms with Crippen molar-refractivity contribution in [2.75, 3.05) is 0 Å². The zero-order valence-corrected chi connectivity index (χ0v) is 12.2. The second-order valence-corrected chi connectivity index (χ2v) is 5.55. The van der Waals surface area contributed by atoms with Gasteiger partial charge in [0.2, 0.25) is 0 Å². The van der Waals surface area contributed by atoms with Gasteiger partial charge in [0.25, 0.3) is 0 Å². The van der Waals surface area contributed by atoms with Crippen molar-refractivity contribution in [3.63, 3.8) is 0 Å². The smallest absolute Gasteiger partial charge is 0.0178 e. The predicted octanol–water partition coefficient (Wildman–Crippen LogP) is 6.07. The molecule has 0 aliphatic heterocycles. The van der Waals surface area contributed by atoms with Gasteiger partial charge in [-0.15, -0.1) is 0 Å². The molecular weight excluding hydrogens is 264 g/mol. The fourth-order valence-corrected chi connectivity index (χ4v) is 2.86. The van der Waals surface area contributed by atoms with E-state index in [1.165, 1.54) is 33.4 Å². The zero-order chi connectivity index (χ0) is 14.8. The molecular formula is C22H16. The summed E-state index contributed by atoms with van der Waals surface area (Å²) in [6.07, 6.45) is 4.38. The minimum atomic E-state index is 1.25. The fourth-order valence-electron chi connectivity index (χ4n) is 2.86. The average molecular weight is 280 g/mol. The Kier molecular flexibility index (Phi) is 3.21. The van der Waals surface area contributed by atoms with E-state index in [1.54, 1.807) is 0 Å². The molecule has 4 rings (SSSR count). The third-order valence-corrected chi connectivity index (χ3v) is 3.97. The van der Waals surface area contributed by atoms with Crippen molar-refractivity contribution in [3.05, 3.63) is 96.1 Å². The van der Waals surface area contributed by atoms with Gasteiger partial charge < -0.3 is 0 Å². The lowest BCUT2D eigenvalue weighted by Gasteiger charge is -1.85. The van der Waals surface area contributed by atoms with Crippen LogP contribution in [0.4, 0.5) is 0 Å². The molecule has 0 N–H and O–H groups in total. The van der Waals surface area contributed by atoms with Crippen LogP contribution >= 0.6 is 0 Å². The third-order valence-electron chi connectivity index (χ3n) is 3.97. The lowest BCUT2D eigenvalue weighted by atomic mass is 10.2. The van der Waals surface area contributed by atoms with Gasteiger partial charge >= 0.3 is 0 Å². The zero-order valence-electron chi connectivity index (χ0n) is 12.2. The standard InChI is InChI=1S/C22H16/c1-3-7-19-13-17(14-20(19)8-4-1)11-12-18-15-21-9-5-2-6-10-22(21)16-18/h1-16H/b12-11-. The second-order valence-electron chi connectivity index (χ2n) is 5.55. The molecule has 0 spiro atoms. The summed E-state index contributed by atoms with van der Waals surface area (Å²) in [5.41, 5.74) is 7.62. The van der Waals surface area contributed by atoms with E-state index in [4.69, 9.17) is 0 Å². The van der Waals surface area contributed by atoms with Gasteiger partial charge in [0.05, 0.1) is 0 Å². The molecule has 0 atom stereocenters.